The van der Waals surface area contributed by atoms with Crippen LogP contribution < -0.4 is 0 Å². The summed E-state index contributed by atoms with van der Waals surface area (Å²) in [5, 5.41) is 0. The fraction of sp³-hybridized carbons (Fsp3) is 0.583. The molecule has 1 aliphatic rings. The average Bonchev–Trinajstić information content (AvgIpc) is 2.75. The number of H-pyrrole nitrogens is 1. The quantitative estimate of drug-likeness (QED) is 0.890. The number of likely N-dealkylation sites (tertiary alicyclic amines) is 1. The van der Waals surface area contributed by atoms with Crippen molar-refractivity contribution in [1.82, 2.24) is 9.88 Å². The lowest BCUT2D eigenvalue weighted by Crippen LogP contribution is -2.43. The van der Waals surface area contributed by atoms with Crippen LogP contribution in [0, 0.1) is 0 Å². The molecule has 1 fully saturated rings. The minimum atomic E-state index is 0.136. The molecule has 1 aromatic heterocycles. The smallest absolute Gasteiger partial charge is 0.270 e. The van der Waals surface area contributed by atoms with E-state index in [2.05, 4.69) is 27.8 Å². The van der Waals surface area contributed by atoms with Gasteiger partial charge in [0.25, 0.3) is 5.91 Å². The maximum absolute atomic E-state index is 12.3. The SMILES string of the molecule is CCC1CCCCN1C(=O)c1cc(Br)c[nH]1. The van der Waals surface area contributed by atoms with Crippen molar-refractivity contribution in [2.45, 2.75) is 38.6 Å². The highest BCUT2D eigenvalue weighted by atomic mass is 79.9. The monoisotopic (exact) mass is 284 g/mol. The Bertz CT molecular complexity index is 375. The fourth-order valence-corrected chi connectivity index (χ4v) is 2.68. The summed E-state index contributed by atoms with van der Waals surface area (Å²) in [5.74, 6) is 0.136. The first-order valence-corrected chi connectivity index (χ1v) is 6.66. The van der Waals surface area contributed by atoms with Crippen molar-refractivity contribution in [3.05, 3.63) is 22.4 Å². The predicted molar refractivity (Wildman–Crippen MR) is 67.5 cm³/mol. The van der Waals surface area contributed by atoms with E-state index in [1.54, 1.807) is 6.20 Å². The van der Waals surface area contributed by atoms with Gasteiger partial charge < -0.3 is 9.88 Å². The van der Waals surface area contributed by atoms with Crippen LogP contribution >= 0.6 is 15.9 Å². The summed E-state index contributed by atoms with van der Waals surface area (Å²) in [6.45, 7) is 3.05. The molecule has 2 rings (SSSR count). The van der Waals surface area contributed by atoms with E-state index in [4.69, 9.17) is 0 Å². The molecule has 3 nitrogen and oxygen atoms in total. The second kappa shape index (κ2) is 5.04. The molecule has 1 saturated heterocycles. The summed E-state index contributed by atoms with van der Waals surface area (Å²) in [7, 11) is 0. The van der Waals surface area contributed by atoms with Crippen LogP contribution in [0.1, 0.15) is 43.1 Å². The van der Waals surface area contributed by atoms with Gasteiger partial charge in [0, 0.05) is 23.3 Å². The first-order chi connectivity index (χ1) is 7.72. The van der Waals surface area contributed by atoms with Crippen molar-refractivity contribution in [3.63, 3.8) is 0 Å². The number of piperidine rings is 1. The van der Waals surface area contributed by atoms with Crippen LogP contribution in [0.4, 0.5) is 0 Å². The van der Waals surface area contributed by atoms with Crippen molar-refractivity contribution in [2.24, 2.45) is 0 Å². The molecule has 1 atom stereocenters. The maximum Gasteiger partial charge on any atom is 0.270 e. The number of nitrogens with one attached hydrogen (secondary N) is 1. The second-order valence-electron chi connectivity index (χ2n) is 4.29. The molecule has 1 aromatic rings. The van der Waals surface area contributed by atoms with Crippen LogP contribution in [0.3, 0.4) is 0 Å². The van der Waals surface area contributed by atoms with Gasteiger partial charge >= 0.3 is 0 Å². The van der Waals surface area contributed by atoms with E-state index in [1.807, 2.05) is 11.0 Å². The lowest BCUT2D eigenvalue weighted by Gasteiger charge is -2.35. The molecular weight excluding hydrogens is 268 g/mol. The second-order valence-corrected chi connectivity index (χ2v) is 5.20. The lowest BCUT2D eigenvalue weighted by atomic mass is 10.00. The molecule has 1 unspecified atom stereocenters. The Morgan fingerprint density at radius 2 is 2.44 bits per heavy atom. The van der Waals surface area contributed by atoms with Crippen LogP contribution in [0.15, 0.2) is 16.7 Å². The molecule has 0 aliphatic carbocycles. The third-order valence-corrected chi connectivity index (χ3v) is 3.70. The van der Waals surface area contributed by atoms with Gasteiger partial charge in [0.05, 0.1) is 0 Å². The maximum atomic E-state index is 12.3. The lowest BCUT2D eigenvalue weighted by molar-refractivity contribution is 0.0602. The Hall–Kier alpha value is -0.770. The van der Waals surface area contributed by atoms with E-state index in [9.17, 15) is 4.79 Å². The Morgan fingerprint density at radius 3 is 3.06 bits per heavy atom. The highest BCUT2D eigenvalue weighted by Crippen LogP contribution is 2.22. The van der Waals surface area contributed by atoms with Gasteiger partial charge in [-0.05, 0) is 47.7 Å². The zero-order valence-electron chi connectivity index (χ0n) is 9.50. The van der Waals surface area contributed by atoms with Crippen LogP contribution in [0.2, 0.25) is 0 Å². The molecule has 0 aromatic carbocycles. The Morgan fingerprint density at radius 1 is 1.62 bits per heavy atom. The minimum Gasteiger partial charge on any atom is -0.356 e. The molecule has 1 amide bonds. The zero-order chi connectivity index (χ0) is 11.5. The van der Waals surface area contributed by atoms with E-state index < -0.39 is 0 Å². The molecule has 0 spiro atoms. The summed E-state index contributed by atoms with van der Waals surface area (Å²) < 4.78 is 0.931. The highest BCUT2D eigenvalue weighted by molar-refractivity contribution is 9.10. The molecule has 4 heteroatoms. The van der Waals surface area contributed by atoms with Crippen LogP contribution in [-0.4, -0.2) is 28.4 Å². The molecule has 0 bridgehead atoms. The summed E-state index contributed by atoms with van der Waals surface area (Å²) in [4.78, 5) is 17.3. The molecular formula is C12H17BrN2O. The molecule has 88 valence electrons. The van der Waals surface area contributed by atoms with Gasteiger partial charge in [0.15, 0.2) is 0 Å². The summed E-state index contributed by atoms with van der Waals surface area (Å²) in [6, 6.07) is 2.27. The van der Waals surface area contributed by atoms with Crippen molar-refractivity contribution < 1.29 is 4.79 Å². The van der Waals surface area contributed by atoms with Gasteiger partial charge in [-0.3, -0.25) is 4.79 Å². The van der Waals surface area contributed by atoms with Gasteiger partial charge in [-0.1, -0.05) is 6.92 Å². The number of carbonyl (C=O) groups excluding carboxylic acids is 1. The molecule has 2 heterocycles. The molecule has 1 aliphatic heterocycles. The topological polar surface area (TPSA) is 36.1 Å². The van der Waals surface area contributed by atoms with Gasteiger partial charge in [0.2, 0.25) is 0 Å². The standard InChI is InChI=1S/C12H17BrN2O/c1-2-10-5-3-4-6-15(10)12(16)11-7-9(13)8-14-11/h7-8,10,14H,2-6H2,1H3. The van der Waals surface area contributed by atoms with E-state index in [1.165, 1.54) is 6.42 Å². The number of nitrogens with zero attached hydrogens (tertiary/aromatic N) is 1. The average molecular weight is 285 g/mol. The number of hydrogen-bond acceptors (Lipinski definition) is 1. The summed E-state index contributed by atoms with van der Waals surface area (Å²) >= 11 is 3.35. The number of halogens is 1. The Balaban J connectivity index is 2.13. The molecule has 0 saturated carbocycles. The van der Waals surface area contributed by atoms with Gasteiger partial charge in [-0.25, -0.2) is 0 Å². The largest absolute Gasteiger partial charge is 0.356 e. The first-order valence-electron chi connectivity index (χ1n) is 5.87. The third kappa shape index (κ3) is 2.32. The Kier molecular flexibility index (Phi) is 3.69. The number of amides is 1. The molecule has 1 N–H and O–H groups in total. The summed E-state index contributed by atoms with van der Waals surface area (Å²) in [6.07, 6.45) is 6.37. The fourth-order valence-electron chi connectivity index (χ4n) is 2.34. The van der Waals surface area contributed by atoms with E-state index in [0.29, 0.717) is 11.7 Å². The van der Waals surface area contributed by atoms with Gasteiger partial charge in [-0.15, -0.1) is 0 Å². The van der Waals surface area contributed by atoms with Crippen LogP contribution in [0.5, 0.6) is 0 Å². The number of rotatable bonds is 2. The molecule has 16 heavy (non-hydrogen) atoms. The van der Waals surface area contributed by atoms with Crippen molar-refractivity contribution in [2.75, 3.05) is 6.54 Å². The summed E-state index contributed by atoms with van der Waals surface area (Å²) in [5.41, 5.74) is 0.687. The predicted octanol–water partition coefficient (Wildman–Crippen LogP) is 3.18. The van der Waals surface area contributed by atoms with Gasteiger partial charge in [0.1, 0.15) is 5.69 Å². The number of hydrogen-bond donors (Lipinski definition) is 1. The zero-order valence-corrected chi connectivity index (χ0v) is 11.1. The third-order valence-electron chi connectivity index (χ3n) is 3.24. The van der Waals surface area contributed by atoms with E-state index >= 15 is 0 Å². The van der Waals surface area contributed by atoms with Crippen molar-refractivity contribution >= 4 is 21.8 Å². The van der Waals surface area contributed by atoms with Crippen LogP contribution in [0.25, 0.3) is 0 Å². The highest BCUT2D eigenvalue weighted by Gasteiger charge is 2.26. The number of aromatic amines is 1. The van der Waals surface area contributed by atoms with Crippen molar-refractivity contribution in [1.29, 1.82) is 0 Å². The first kappa shape index (κ1) is 11.7. The number of carbonyl (C=O) groups is 1. The Labute approximate surface area is 104 Å². The molecule has 0 radical (unpaired) electrons. The number of aromatic nitrogens is 1. The van der Waals surface area contributed by atoms with Crippen molar-refractivity contribution in [3.8, 4) is 0 Å². The van der Waals surface area contributed by atoms with E-state index in [-0.39, 0.29) is 5.91 Å². The van der Waals surface area contributed by atoms with E-state index in [0.717, 1.165) is 30.3 Å². The van der Waals surface area contributed by atoms with Crippen LogP contribution in [-0.2, 0) is 0 Å². The normalized spacial score (nSPS) is 21.1. The minimum absolute atomic E-state index is 0.136. The van der Waals surface area contributed by atoms with Gasteiger partial charge in [-0.2, -0.15) is 0 Å².